The summed E-state index contributed by atoms with van der Waals surface area (Å²) in [6.07, 6.45) is 1.65. The van der Waals surface area contributed by atoms with E-state index in [1.807, 2.05) is 13.0 Å². The second kappa shape index (κ2) is 11.2. The van der Waals surface area contributed by atoms with Crippen molar-refractivity contribution >= 4 is 17.6 Å². The average Bonchev–Trinajstić information content (AvgIpc) is 3.37. The lowest BCUT2D eigenvalue weighted by Crippen LogP contribution is -2.40. The maximum atomic E-state index is 13.0. The molecule has 3 aromatic rings. The van der Waals surface area contributed by atoms with Gasteiger partial charge in [-0.1, -0.05) is 11.2 Å². The summed E-state index contributed by atoms with van der Waals surface area (Å²) < 4.78 is 20.9. The molecule has 0 aliphatic carbocycles. The summed E-state index contributed by atoms with van der Waals surface area (Å²) in [5.74, 6) is 1.41. The van der Waals surface area contributed by atoms with Crippen molar-refractivity contribution in [3.05, 3.63) is 53.4 Å². The first-order valence-electron chi connectivity index (χ1n) is 11.7. The van der Waals surface area contributed by atoms with Gasteiger partial charge in [0.1, 0.15) is 0 Å². The van der Waals surface area contributed by atoms with E-state index in [0.29, 0.717) is 47.6 Å². The van der Waals surface area contributed by atoms with Crippen LogP contribution in [-0.2, 0) is 16.1 Å². The fourth-order valence-corrected chi connectivity index (χ4v) is 4.25. The molecule has 1 fully saturated rings. The second-order valence-electron chi connectivity index (χ2n) is 8.67. The predicted molar refractivity (Wildman–Crippen MR) is 132 cm³/mol. The number of carbonyl (C=O) groups is 2. The van der Waals surface area contributed by atoms with Crippen molar-refractivity contribution in [2.45, 2.75) is 26.3 Å². The Labute approximate surface area is 209 Å². The standard InChI is InChI=1S/C26H30N4O6/c1-16-7-8-18(26(32)35-4)12-20(16)27-25(31)19-6-5-11-30(14-19)15-23-28-24(29-36-23)17-9-10-21(33-2)22(13-17)34-3/h7-10,12-13,19H,5-6,11,14-15H2,1-4H3,(H,27,31). The third-order valence-corrected chi connectivity index (χ3v) is 6.26. The fraction of sp³-hybridized carbons (Fsp3) is 0.385. The molecule has 1 aliphatic rings. The number of esters is 1. The lowest BCUT2D eigenvalue weighted by Gasteiger charge is -2.31. The number of amides is 1. The number of aryl methyl sites for hydroxylation is 1. The monoisotopic (exact) mass is 494 g/mol. The largest absolute Gasteiger partial charge is 0.493 e. The van der Waals surface area contributed by atoms with Crippen molar-refractivity contribution in [2.24, 2.45) is 5.92 Å². The van der Waals surface area contributed by atoms with Crippen LogP contribution in [0.3, 0.4) is 0 Å². The smallest absolute Gasteiger partial charge is 0.337 e. The Morgan fingerprint density at radius 1 is 1.11 bits per heavy atom. The van der Waals surface area contributed by atoms with Gasteiger partial charge in [-0.3, -0.25) is 9.69 Å². The minimum atomic E-state index is -0.443. The first kappa shape index (κ1) is 25.2. The first-order valence-corrected chi connectivity index (χ1v) is 11.7. The number of carbonyl (C=O) groups excluding carboxylic acids is 2. The van der Waals surface area contributed by atoms with Gasteiger partial charge in [0, 0.05) is 17.8 Å². The Morgan fingerprint density at radius 2 is 1.92 bits per heavy atom. The number of rotatable bonds is 8. The highest BCUT2D eigenvalue weighted by Crippen LogP contribution is 2.31. The van der Waals surface area contributed by atoms with Crippen LogP contribution in [-0.4, -0.2) is 61.3 Å². The third-order valence-electron chi connectivity index (χ3n) is 6.26. The van der Waals surface area contributed by atoms with Gasteiger partial charge in [-0.25, -0.2) is 4.79 Å². The zero-order valence-electron chi connectivity index (χ0n) is 20.9. The van der Waals surface area contributed by atoms with Crippen LogP contribution in [0.2, 0.25) is 0 Å². The zero-order valence-corrected chi connectivity index (χ0v) is 20.9. The van der Waals surface area contributed by atoms with Crippen molar-refractivity contribution in [1.82, 2.24) is 15.0 Å². The second-order valence-corrected chi connectivity index (χ2v) is 8.67. The molecule has 0 saturated carbocycles. The maximum absolute atomic E-state index is 13.0. The highest BCUT2D eigenvalue weighted by atomic mass is 16.5. The molecule has 2 heterocycles. The van der Waals surface area contributed by atoms with Crippen LogP contribution in [0.5, 0.6) is 11.5 Å². The summed E-state index contributed by atoms with van der Waals surface area (Å²) in [4.78, 5) is 31.6. The Kier molecular flexibility index (Phi) is 7.84. The van der Waals surface area contributed by atoms with Gasteiger partial charge in [0.15, 0.2) is 11.5 Å². The van der Waals surface area contributed by atoms with E-state index in [2.05, 4.69) is 20.4 Å². The summed E-state index contributed by atoms with van der Waals surface area (Å²) in [7, 11) is 4.48. The first-order chi connectivity index (χ1) is 17.4. The third kappa shape index (κ3) is 5.65. The molecule has 10 nitrogen and oxygen atoms in total. The minimum absolute atomic E-state index is 0.0821. The summed E-state index contributed by atoms with van der Waals surface area (Å²) in [6.45, 7) is 3.72. The molecule has 1 aromatic heterocycles. The number of anilines is 1. The molecule has 0 radical (unpaired) electrons. The molecule has 36 heavy (non-hydrogen) atoms. The summed E-state index contributed by atoms with van der Waals surface area (Å²) >= 11 is 0. The number of methoxy groups -OCH3 is 3. The number of benzene rings is 2. The molecule has 1 aliphatic heterocycles. The van der Waals surface area contributed by atoms with E-state index in [-0.39, 0.29) is 11.8 Å². The number of hydrogen-bond acceptors (Lipinski definition) is 9. The lowest BCUT2D eigenvalue weighted by atomic mass is 9.96. The topological polar surface area (TPSA) is 116 Å². The van der Waals surface area contributed by atoms with E-state index in [0.717, 1.165) is 30.5 Å². The summed E-state index contributed by atoms with van der Waals surface area (Å²) in [5, 5.41) is 7.09. The number of piperidine rings is 1. The van der Waals surface area contributed by atoms with Crippen LogP contribution in [0.1, 0.15) is 34.7 Å². The van der Waals surface area contributed by atoms with Gasteiger partial charge >= 0.3 is 5.97 Å². The highest BCUT2D eigenvalue weighted by molar-refractivity contribution is 5.96. The van der Waals surface area contributed by atoms with Crippen molar-refractivity contribution in [2.75, 3.05) is 39.7 Å². The number of nitrogens with one attached hydrogen (secondary N) is 1. The summed E-state index contributed by atoms with van der Waals surface area (Å²) in [5.41, 5.74) is 2.63. The molecule has 1 N–H and O–H groups in total. The molecule has 1 amide bonds. The van der Waals surface area contributed by atoms with E-state index in [1.165, 1.54) is 7.11 Å². The van der Waals surface area contributed by atoms with E-state index >= 15 is 0 Å². The van der Waals surface area contributed by atoms with Gasteiger partial charge in [-0.15, -0.1) is 0 Å². The van der Waals surface area contributed by atoms with Crippen molar-refractivity contribution in [3.63, 3.8) is 0 Å². The number of hydrogen-bond donors (Lipinski definition) is 1. The number of nitrogens with zero attached hydrogens (tertiary/aromatic N) is 3. The van der Waals surface area contributed by atoms with Gasteiger partial charge in [0.2, 0.25) is 17.6 Å². The van der Waals surface area contributed by atoms with E-state index in [9.17, 15) is 9.59 Å². The SMILES string of the molecule is COC(=O)c1ccc(C)c(NC(=O)C2CCCN(Cc3nc(-c4ccc(OC)c(OC)c4)no3)C2)c1. The highest BCUT2D eigenvalue weighted by Gasteiger charge is 2.27. The van der Waals surface area contributed by atoms with Crippen LogP contribution in [0.4, 0.5) is 5.69 Å². The van der Waals surface area contributed by atoms with Gasteiger partial charge in [-0.05, 0) is 62.2 Å². The molecular formula is C26H30N4O6. The lowest BCUT2D eigenvalue weighted by molar-refractivity contribution is -0.121. The van der Waals surface area contributed by atoms with Gasteiger partial charge in [-0.2, -0.15) is 4.98 Å². The van der Waals surface area contributed by atoms with Crippen molar-refractivity contribution in [3.8, 4) is 22.9 Å². The molecule has 1 atom stereocenters. The Morgan fingerprint density at radius 3 is 2.67 bits per heavy atom. The molecule has 10 heteroatoms. The van der Waals surface area contributed by atoms with Crippen molar-refractivity contribution in [1.29, 1.82) is 0 Å². The molecular weight excluding hydrogens is 464 g/mol. The Balaban J connectivity index is 1.39. The Hall–Kier alpha value is -3.92. The van der Waals surface area contributed by atoms with E-state index in [1.54, 1.807) is 44.6 Å². The van der Waals surface area contributed by atoms with E-state index in [4.69, 9.17) is 18.7 Å². The Bertz CT molecular complexity index is 1240. The van der Waals surface area contributed by atoms with E-state index < -0.39 is 5.97 Å². The minimum Gasteiger partial charge on any atom is -0.493 e. The molecule has 1 saturated heterocycles. The van der Waals surface area contributed by atoms with Gasteiger partial charge in [0.25, 0.3) is 0 Å². The number of ether oxygens (including phenoxy) is 3. The molecule has 1 unspecified atom stereocenters. The molecule has 0 bridgehead atoms. The van der Waals surface area contributed by atoms with Crippen LogP contribution in [0.25, 0.3) is 11.4 Å². The van der Waals surface area contributed by atoms with Crippen LogP contribution in [0, 0.1) is 12.8 Å². The maximum Gasteiger partial charge on any atom is 0.337 e. The molecule has 2 aromatic carbocycles. The van der Waals surface area contributed by atoms with Crippen LogP contribution in [0.15, 0.2) is 40.9 Å². The average molecular weight is 495 g/mol. The van der Waals surface area contributed by atoms with Crippen LogP contribution < -0.4 is 14.8 Å². The normalized spacial score (nSPS) is 15.8. The number of aromatic nitrogens is 2. The zero-order chi connectivity index (χ0) is 25.7. The predicted octanol–water partition coefficient (Wildman–Crippen LogP) is 3.70. The van der Waals surface area contributed by atoms with Crippen LogP contribution >= 0.6 is 0 Å². The quantitative estimate of drug-likeness (QED) is 0.468. The van der Waals surface area contributed by atoms with Crippen molar-refractivity contribution < 1.29 is 28.3 Å². The molecule has 4 rings (SSSR count). The number of likely N-dealkylation sites (tertiary alicyclic amines) is 1. The molecule has 0 spiro atoms. The molecule has 190 valence electrons. The van der Waals surface area contributed by atoms with Gasteiger partial charge in [0.05, 0.1) is 39.4 Å². The summed E-state index contributed by atoms with van der Waals surface area (Å²) in [6, 6.07) is 10.6. The van der Waals surface area contributed by atoms with Gasteiger partial charge < -0.3 is 24.1 Å². The fourth-order valence-electron chi connectivity index (χ4n) is 4.25.